The van der Waals surface area contributed by atoms with Crippen LogP contribution in [0.15, 0.2) is 35.1 Å². The molecule has 1 aromatic rings. The minimum atomic E-state index is -3.76. The lowest BCUT2D eigenvalue weighted by Crippen LogP contribution is -2.43. The molecule has 0 saturated carbocycles. The third kappa shape index (κ3) is 4.71. The summed E-state index contributed by atoms with van der Waals surface area (Å²) in [5.41, 5.74) is 0. The molecule has 0 aromatic heterocycles. The number of rotatable bonds is 6. The van der Waals surface area contributed by atoms with Crippen LogP contribution in [-0.4, -0.2) is 40.8 Å². The Morgan fingerprint density at radius 2 is 2.00 bits per heavy atom. The normalized spacial score (nSPS) is 20.0. The lowest BCUT2D eigenvalue weighted by molar-refractivity contribution is 0.267. The Morgan fingerprint density at radius 3 is 2.62 bits per heavy atom. The lowest BCUT2D eigenvalue weighted by Gasteiger charge is -2.32. The van der Waals surface area contributed by atoms with Gasteiger partial charge in [-0.25, -0.2) is 21.6 Å². The van der Waals surface area contributed by atoms with Crippen LogP contribution in [0.2, 0.25) is 10.0 Å². The van der Waals surface area contributed by atoms with Crippen molar-refractivity contribution in [3.8, 4) is 0 Å². The van der Waals surface area contributed by atoms with Crippen molar-refractivity contribution in [1.82, 2.24) is 9.03 Å². The number of hydrogen-bond donors (Lipinski definition) is 1. The standard InChI is InChI=1S/C14H18Cl2N2O4S2/c1-2-23(19,20)17-9-11-4-3-7-18(10-11)24(21,22)14-6-5-12(15)8-13(14)16/h2,5-6,8,11,17H,1,3-4,7,9-10H2/t11-/m1/s1. The molecule has 0 amide bonds. The van der Waals surface area contributed by atoms with Gasteiger partial charge in [0.15, 0.2) is 0 Å². The summed E-state index contributed by atoms with van der Waals surface area (Å²) in [6.45, 7) is 3.98. The molecule has 134 valence electrons. The lowest BCUT2D eigenvalue weighted by atomic mass is 10.0. The zero-order valence-electron chi connectivity index (χ0n) is 12.8. The van der Waals surface area contributed by atoms with E-state index >= 15 is 0 Å². The van der Waals surface area contributed by atoms with Gasteiger partial charge in [0.1, 0.15) is 4.90 Å². The zero-order chi connectivity index (χ0) is 18.0. The first-order chi connectivity index (χ1) is 11.2. The quantitative estimate of drug-likeness (QED) is 0.777. The summed E-state index contributed by atoms with van der Waals surface area (Å²) in [7, 11) is -7.28. The fraction of sp³-hybridized carbons (Fsp3) is 0.429. The highest BCUT2D eigenvalue weighted by Crippen LogP contribution is 2.30. The fourth-order valence-electron chi connectivity index (χ4n) is 2.53. The summed E-state index contributed by atoms with van der Waals surface area (Å²) >= 11 is 11.8. The van der Waals surface area contributed by atoms with Gasteiger partial charge >= 0.3 is 0 Å². The summed E-state index contributed by atoms with van der Waals surface area (Å²) < 4.78 is 52.1. The number of halogens is 2. The molecule has 0 radical (unpaired) electrons. The maximum absolute atomic E-state index is 12.8. The van der Waals surface area contributed by atoms with E-state index in [-0.39, 0.29) is 28.9 Å². The van der Waals surface area contributed by atoms with Crippen molar-refractivity contribution in [2.75, 3.05) is 19.6 Å². The Bertz CT molecular complexity index is 825. The molecule has 24 heavy (non-hydrogen) atoms. The maximum Gasteiger partial charge on any atom is 0.244 e. The van der Waals surface area contributed by atoms with Gasteiger partial charge in [-0.05, 0) is 37.0 Å². The van der Waals surface area contributed by atoms with Crippen molar-refractivity contribution in [1.29, 1.82) is 0 Å². The van der Waals surface area contributed by atoms with Gasteiger partial charge in [0, 0.05) is 30.1 Å². The SMILES string of the molecule is C=CS(=O)(=O)NC[C@H]1CCCN(S(=O)(=O)c2ccc(Cl)cc2Cl)C1. The highest BCUT2D eigenvalue weighted by molar-refractivity contribution is 7.92. The minimum Gasteiger partial charge on any atom is -0.211 e. The zero-order valence-corrected chi connectivity index (χ0v) is 15.9. The molecule has 0 unspecified atom stereocenters. The molecule has 1 fully saturated rings. The number of sulfonamides is 2. The van der Waals surface area contributed by atoms with Gasteiger partial charge in [0.05, 0.1) is 5.02 Å². The van der Waals surface area contributed by atoms with Gasteiger partial charge in [-0.1, -0.05) is 29.8 Å². The summed E-state index contributed by atoms with van der Waals surface area (Å²) in [5.74, 6) is -0.116. The third-order valence-corrected chi connectivity index (χ3v) is 7.38. The molecule has 1 aromatic carbocycles. The predicted molar refractivity (Wildman–Crippen MR) is 95.1 cm³/mol. The molecule has 6 nitrogen and oxygen atoms in total. The van der Waals surface area contributed by atoms with Crippen molar-refractivity contribution in [3.63, 3.8) is 0 Å². The Labute approximate surface area is 152 Å². The minimum absolute atomic E-state index is 0.000823. The first kappa shape index (κ1) is 19.7. The average Bonchev–Trinajstić information content (AvgIpc) is 2.53. The Balaban J connectivity index is 2.14. The van der Waals surface area contributed by atoms with Crippen molar-refractivity contribution in [2.45, 2.75) is 17.7 Å². The summed E-state index contributed by atoms with van der Waals surface area (Å²) in [4.78, 5) is 0.000823. The number of nitrogens with one attached hydrogen (secondary N) is 1. The number of piperidine rings is 1. The molecule has 1 aliphatic heterocycles. The smallest absolute Gasteiger partial charge is 0.211 e. The van der Waals surface area contributed by atoms with Crippen molar-refractivity contribution >= 4 is 43.2 Å². The topological polar surface area (TPSA) is 83.6 Å². The second kappa shape index (κ2) is 7.72. The van der Waals surface area contributed by atoms with E-state index in [0.717, 1.165) is 11.8 Å². The summed E-state index contributed by atoms with van der Waals surface area (Å²) in [6.07, 6.45) is 1.38. The molecule has 1 atom stereocenters. The Morgan fingerprint density at radius 1 is 1.29 bits per heavy atom. The second-order valence-corrected chi connectivity index (χ2v) is 9.97. The molecular formula is C14H18Cl2N2O4S2. The molecule has 1 aliphatic rings. The van der Waals surface area contributed by atoms with Gasteiger partial charge < -0.3 is 0 Å². The molecule has 1 heterocycles. The van der Waals surface area contributed by atoms with E-state index in [1.165, 1.54) is 22.5 Å². The van der Waals surface area contributed by atoms with E-state index in [2.05, 4.69) is 11.3 Å². The van der Waals surface area contributed by atoms with Crippen LogP contribution in [0.3, 0.4) is 0 Å². The van der Waals surface area contributed by atoms with Gasteiger partial charge in [0.2, 0.25) is 20.0 Å². The highest BCUT2D eigenvalue weighted by atomic mass is 35.5. The fourth-order valence-corrected chi connectivity index (χ4v) is 5.42. The molecule has 1 saturated heterocycles. The van der Waals surface area contributed by atoms with Crippen LogP contribution in [-0.2, 0) is 20.0 Å². The number of benzene rings is 1. The molecule has 0 bridgehead atoms. The monoisotopic (exact) mass is 412 g/mol. The van der Waals surface area contributed by atoms with Crippen LogP contribution in [0.4, 0.5) is 0 Å². The van der Waals surface area contributed by atoms with E-state index in [9.17, 15) is 16.8 Å². The Hall–Kier alpha value is -0.640. The van der Waals surface area contributed by atoms with Crippen molar-refractivity contribution < 1.29 is 16.8 Å². The maximum atomic E-state index is 12.8. The molecule has 1 N–H and O–H groups in total. The van der Waals surface area contributed by atoms with Crippen LogP contribution >= 0.6 is 23.2 Å². The van der Waals surface area contributed by atoms with Gasteiger partial charge in [-0.3, -0.25) is 0 Å². The van der Waals surface area contributed by atoms with Crippen LogP contribution in [0.1, 0.15) is 12.8 Å². The van der Waals surface area contributed by atoms with E-state index in [4.69, 9.17) is 23.2 Å². The number of hydrogen-bond acceptors (Lipinski definition) is 4. The Kier molecular flexibility index (Phi) is 6.33. The highest BCUT2D eigenvalue weighted by Gasteiger charge is 2.31. The van der Waals surface area contributed by atoms with E-state index in [0.29, 0.717) is 18.0 Å². The van der Waals surface area contributed by atoms with Crippen LogP contribution in [0.5, 0.6) is 0 Å². The average molecular weight is 413 g/mol. The van der Waals surface area contributed by atoms with Gasteiger partial charge in [-0.15, -0.1) is 0 Å². The van der Waals surface area contributed by atoms with Crippen LogP contribution < -0.4 is 4.72 Å². The summed E-state index contributed by atoms with van der Waals surface area (Å²) in [5, 5.41) is 1.25. The molecule has 2 rings (SSSR count). The molecular weight excluding hydrogens is 395 g/mol. The second-order valence-electron chi connectivity index (χ2n) is 5.51. The van der Waals surface area contributed by atoms with E-state index < -0.39 is 20.0 Å². The number of nitrogens with zero attached hydrogens (tertiary/aromatic N) is 1. The van der Waals surface area contributed by atoms with Crippen molar-refractivity contribution in [2.24, 2.45) is 5.92 Å². The molecule has 10 heteroatoms. The van der Waals surface area contributed by atoms with E-state index in [1.54, 1.807) is 0 Å². The van der Waals surface area contributed by atoms with Crippen LogP contribution in [0.25, 0.3) is 0 Å². The van der Waals surface area contributed by atoms with E-state index in [1.807, 2.05) is 0 Å². The van der Waals surface area contributed by atoms with Gasteiger partial charge in [-0.2, -0.15) is 4.31 Å². The predicted octanol–water partition coefficient (Wildman–Crippen LogP) is 2.46. The molecule has 0 aliphatic carbocycles. The summed E-state index contributed by atoms with van der Waals surface area (Å²) in [6, 6.07) is 4.24. The molecule has 0 spiro atoms. The first-order valence-electron chi connectivity index (χ1n) is 7.23. The third-order valence-electron chi connectivity index (χ3n) is 3.79. The van der Waals surface area contributed by atoms with Gasteiger partial charge in [0.25, 0.3) is 0 Å². The first-order valence-corrected chi connectivity index (χ1v) is 11.0. The van der Waals surface area contributed by atoms with Crippen LogP contribution in [0, 0.1) is 5.92 Å². The largest absolute Gasteiger partial charge is 0.244 e. The van der Waals surface area contributed by atoms with Crippen molar-refractivity contribution in [3.05, 3.63) is 40.2 Å².